The van der Waals surface area contributed by atoms with E-state index in [0.717, 1.165) is 9.54 Å². The van der Waals surface area contributed by atoms with Crippen LogP contribution in [0.3, 0.4) is 0 Å². The lowest BCUT2D eigenvalue weighted by atomic mass is 10.2. The van der Waals surface area contributed by atoms with Crippen LogP contribution in [0, 0.1) is 6.92 Å². The van der Waals surface area contributed by atoms with Gasteiger partial charge in [-0.15, -0.1) is 0 Å². The van der Waals surface area contributed by atoms with E-state index in [0.29, 0.717) is 5.52 Å². The van der Waals surface area contributed by atoms with Gasteiger partial charge in [0.05, 0.1) is 11.1 Å². The molecule has 9 heteroatoms. The van der Waals surface area contributed by atoms with E-state index in [1.165, 1.54) is 36.7 Å². The molecular weight excluding hydrogens is 356 g/mol. The van der Waals surface area contributed by atoms with Crippen LogP contribution in [0.5, 0.6) is 0 Å². The van der Waals surface area contributed by atoms with Crippen molar-refractivity contribution in [3.63, 3.8) is 0 Å². The monoisotopic (exact) mass is 372 g/mol. The fourth-order valence-electron chi connectivity index (χ4n) is 2.24. The molecule has 0 aliphatic rings. The molecule has 1 aromatic carbocycles. The Morgan fingerprint density at radius 2 is 2.04 bits per heavy atom. The van der Waals surface area contributed by atoms with Crippen LogP contribution in [-0.2, 0) is 14.8 Å². The Morgan fingerprint density at radius 3 is 2.73 bits per heavy atom. The summed E-state index contributed by atoms with van der Waals surface area (Å²) >= 11 is 0. The minimum Gasteiger partial charge on any atom is -0.445 e. The molecule has 0 aliphatic heterocycles. The maximum atomic E-state index is 12.8. The average molecular weight is 372 g/mol. The number of benzene rings is 1. The first-order chi connectivity index (χ1) is 12.4. The molecule has 0 saturated heterocycles. The molecule has 26 heavy (non-hydrogen) atoms. The summed E-state index contributed by atoms with van der Waals surface area (Å²) in [4.78, 5) is 20.0. The summed E-state index contributed by atoms with van der Waals surface area (Å²) in [5.74, 6) is 0.150. The Morgan fingerprint density at radius 1 is 1.31 bits per heavy atom. The molecule has 0 spiro atoms. The number of aromatic nitrogens is 3. The number of hydrogen-bond acceptors (Lipinski definition) is 6. The van der Waals surface area contributed by atoms with Crippen molar-refractivity contribution in [1.29, 1.82) is 0 Å². The lowest BCUT2D eigenvalue weighted by Crippen LogP contribution is -2.15. The molecule has 2 aromatic heterocycles. The van der Waals surface area contributed by atoms with Crippen LogP contribution in [0.2, 0.25) is 0 Å². The highest BCUT2D eigenvalue weighted by atomic mass is 32.2. The van der Waals surface area contributed by atoms with Gasteiger partial charge in [0.2, 0.25) is 0 Å². The normalized spacial score (nSPS) is 11.3. The number of carbonyl (C=O) groups excluding carboxylic acids is 1. The highest BCUT2D eigenvalue weighted by molar-refractivity contribution is 7.90. The van der Waals surface area contributed by atoms with Crippen LogP contribution in [-0.4, -0.2) is 35.1 Å². The molecule has 3 rings (SSSR count). The molecule has 2 heterocycles. The number of rotatable bonds is 5. The summed E-state index contributed by atoms with van der Waals surface area (Å²) < 4.78 is 31.4. The molecule has 1 N–H and O–H groups in total. The van der Waals surface area contributed by atoms with Gasteiger partial charge >= 0.3 is 6.09 Å². The maximum Gasteiger partial charge on any atom is 0.413 e. The molecule has 1 amide bonds. The van der Waals surface area contributed by atoms with Gasteiger partial charge in [-0.1, -0.05) is 30.4 Å². The third-order valence-corrected chi connectivity index (χ3v) is 5.18. The van der Waals surface area contributed by atoms with Crippen LogP contribution in [0.4, 0.5) is 10.6 Å². The van der Waals surface area contributed by atoms with E-state index in [2.05, 4.69) is 21.9 Å². The van der Waals surface area contributed by atoms with Crippen molar-refractivity contribution >= 4 is 33.1 Å². The highest BCUT2D eigenvalue weighted by Gasteiger charge is 2.20. The minimum atomic E-state index is -3.80. The Kier molecular flexibility index (Phi) is 4.72. The van der Waals surface area contributed by atoms with Gasteiger partial charge in [-0.3, -0.25) is 5.32 Å². The number of anilines is 1. The zero-order valence-electron chi connectivity index (χ0n) is 13.9. The van der Waals surface area contributed by atoms with Gasteiger partial charge in [-0.05, 0) is 25.1 Å². The van der Waals surface area contributed by atoms with Gasteiger partial charge in [0.25, 0.3) is 10.0 Å². The lowest BCUT2D eigenvalue weighted by molar-refractivity contribution is 0.174. The predicted octanol–water partition coefficient (Wildman–Crippen LogP) is 2.71. The van der Waals surface area contributed by atoms with Crippen molar-refractivity contribution in [3.8, 4) is 0 Å². The maximum absolute atomic E-state index is 12.8. The predicted molar refractivity (Wildman–Crippen MR) is 96.5 cm³/mol. The van der Waals surface area contributed by atoms with Crippen molar-refractivity contribution in [2.24, 2.45) is 0 Å². The number of amides is 1. The summed E-state index contributed by atoms with van der Waals surface area (Å²) in [6, 6.07) is 8.03. The minimum absolute atomic E-state index is 0.0622. The number of nitrogens with one attached hydrogen (secondary N) is 1. The molecule has 0 unspecified atom stereocenters. The van der Waals surface area contributed by atoms with Crippen LogP contribution < -0.4 is 5.32 Å². The summed E-state index contributed by atoms with van der Waals surface area (Å²) in [6.07, 6.45) is 3.37. The van der Waals surface area contributed by atoms with E-state index in [1.54, 1.807) is 12.1 Å². The third-order valence-electron chi connectivity index (χ3n) is 3.50. The van der Waals surface area contributed by atoms with Gasteiger partial charge in [-0.25, -0.2) is 27.2 Å². The SMILES string of the molecule is C=CCOC(=O)Nc1cnc2c(ccn2S(=O)(=O)c2ccc(C)cc2)n1. The first kappa shape index (κ1) is 17.6. The zero-order chi connectivity index (χ0) is 18.7. The van der Waals surface area contributed by atoms with Gasteiger partial charge in [-0.2, -0.15) is 0 Å². The van der Waals surface area contributed by atoms with Crippen LogP contribution in [0.15, 0.2) is 60.3 Å². The third kappa shape index (κ3) is 3.42. The summed E-state index contributed by atoms with van der Waals surface area (Å²) in [6.45, 7) is 5.38. The Hall–Kier alpha value is -3.20. The van der Waals surface area contributed by atoms with E-state index in [9.17, 15) is 13.2 Å². The number of carbonyl (C=O) groups is 1. The second-order valence-corrected chi connectivity index (χ2v) is 7.22. The molecule has 0 bridgehead atoms. The zero-order valence-corrected chi connectivity index (χ0v) is 14.7. The lowest BCUT2D eigenvalue weighted by Gasteiger charge is -2.08. The van der Waals surface area contributed by atoms with Crippen molar-refractivity contribution in [2.45, 2.75) is 11.8 Å². The number of nitrogens with zero attached hydrogens (tertiary/aromatic N) is 3. The number of hydrogen-bond donors (Lipinski definition) is 1. The van der Waals surface area contributed by atoms with Crippen molar-refractivity contribution in [1.82, 2.24) is 13.9 Å². The summed E-state index contributed by atoms with van der Waals surface area (Å²) in [5, 5.41) is 2.41. The van der Waals surface area contributed by atoms with Gasteiger partial charge in [0.1, 0.15) is 12.1 Å². The van der Waals surface area contributed by atoms with Crippen molar-refractivity contribution < 1.29 is 17.9 Å². The highest BCUT2D eigenvalue weighted by Crippen LogP contribution is 2.21. The smallest absolute Gasteiger partial charge is 0.413 e. The fraction of sp³-hybridized carbons (Fsp3) is 0.118. The van der Waals surface area contributed by atoms with Gasteiger partial charge < -0.3 is 4.74 Å². The first-order valence-corrected chi connectivity index (χ1v) is 9.07. The Balaban J connectivity index is 1.93. The molecule has 134 valence electrons. The molecule has 8 nitrogen and oxygen atoms in total. The fourth-order valence-corrected chi connectivity index (χ4v) is 3.54. The first-order valence-electron chi connectivity index (χ1n) is 7.63. The van der Waals surface area contributed by atoms with E-state index >= 15 is 0 Å². The Labute approximate surface area is 150 Å². The molecule has 3 aromatic rings. The largest absolute Gasteiger partial charge is 0.445 e. The topological polar surface area (TPSA) is 103 Å². The second kappa shape index (κ2) is 6.96. The summed E-state index contributed by atoms with van der Waals surface area (Å²) in [5.41, 5.74) is 1.44. The van der Waals surface area contributed by atoms with E-state index in [-0.39, 0.29) is 23.0 Å². The standard InChI is InChI=1S/C17H16N4O4S/c1-3-10-25-17(22)20-15-11-18-16-14(19-15)8-9-21(16)26(23,24)13-6-4-12(2)5-7-13/h3-9,11H,1,10H2,2H3,(H,19,20,22). The van der Waals surface area contributed by atoms with Crippen LogP contribution in [0.25, 0.3) is 11.2 Å². The number of aryl methyl sites for hydroxylation is 1. The molecule has 0 saturated carbocycles. The second-order valence-electron chi connectivity index (χ2n) is 5.41. The van der Waals surface area contributed by atoms with Crippen molar-refractivity contribution in [2.75, 3.05) is 11.9 Å². The number of ether oxygens (including phenoxy) is 1. The molecule has 0 fully saturated rings. The average Bonchev–Trinajstić information content (AvgIpc) is 3.04. The van der Waals surface area contributed by atoms with E-state index < -0.39 is 16.1 Å². The molecule has 0 aliphatic carbocycles. The molecule has 0 atom stereocenters. The Bertz CT molecular complexity index is 1070. The van der Waals surface area contributed by atoms with E-state index in [4.69, 9.17) is 4.74 Å². The van der Waals surface area contributed by atoms with Crippen LogP contribution >= 0.6 is 0 Å². The van der Waals surface area contributed by atoms with Crippen molar-refractivity contribution in [3.05, 3.63) is 60.9 Å². The van der Waals surface area contributed by atoms with Gasteiger partial charge in [0.15, 0.2) is 11.5 Å². The van der Waals surface area contributed by atoms with Crippen LogP contribution in [0.1, 0.15) is 5.56 Å². The quantitative estimate of drug-likeness (QED) is 0.691. The van der Waals surface area contributed by atoms with Gasteiger partial charge in [0, 0.05) is 6.20 Å². The molecule has 0 radical (unpaired) electrons. The number of fused-ring (bicyclic) bond motifs is 1. The summed E-state index contributed by atoms with van der Waals surface area (Å²) in [7, 11) is -3.80. The molecular formula is C17H16N4O4S. The van der Waals surface area contributed by atoms with E-state index in [1.807, 2.05) is 6.92 Å².